The fourth-order valence-electron chi connectivity index (χ4n) is 1.90. The molecule has 94 valence electrons. The van der Waals surface area contributed by atoms with Crippen molar-refractivity contribution in [3.8, 4) is 5.69 Å². The van der Waals surface area contributed by atoms with Gasteiger partial charge in [0, 0.05) is 18.6 Å². The maximum absolute atomic E-state index is 12.4. The summed E-state index contributed by atoms with van der Waals surface area (Å²) in [6, 6.07) is 3.18. The van der Waals surface area contributed by atoms with Crippen LogP contribution < -0.4 is 0 Å². The molecule has 1 N–H and O–H groups in total. The van der Waals surface area contributed by atoms with E-state index in [4.69, 9.17) is 4.42 Å². The van der Waals surface area contributed by atoms with Gasteiger partial charge < -0.3 is 14.0 Å². The van der Waals surface area contributed by atoms with Crippen molar-refractivity contribution in [2.45, 2.75) is 0 Å². The lowest BCUT2D eigenvalue weighted by atomic mass is 10.1. The van der Waals surface area contributed by atoms with Crippen LogP contribution in [0.15, 0.2) is 47.7 Å². The van der Waals surface area contributed by atoms with E-state index >= 15 is 0 Å². The molecule has 0 unspecified atom stereocenters. The number of nitrogens with one attached hydrogen (secondary N) is 1. The lowest BCUT2D eigenvalue weighted by molar-refractivity contribution is 0.100. The predicted molar refractivity (Wildman–Crippen MR) is 65.4 cm³/mol. The van der Waals surface area contributed by atoms with Crippen LogP contribution in [0.5, 0.6) is 0 Å². The Labute approximate surface area is 107 Å². The summed E-state index contributed by atoms with van der Waals surface area (Å²) < 4.78 is 6.74. The highest BCUT2D eigenvalue weighted by Crippen LogP contribution is 2.21. The zero-order chi connectivity index (χ0) is 13.2. The fraction of sp³-hybridized carbons (Fsp3) is 0. The Balaban J connectivity index is 2.16. The van der Waals surface area contributed by atoms with E-state index in [1.54, 1.807) is 41.6 Å². The normalized spacial score (nSPS) is 10.5. The summed E-state index contributed by atoms with van der Waals surface area (Å²) in [6.45, 7) is 0. The molecule has 3 aromatic heterocycles. The average Bonchev–Trinajstić information content (AvgIpc) is 3.16. The third kappa shape index (κ3) is 1.79. The molecule has 0 spiro atoms. The Bertz CT molecular complexity index is 709. The van der Waals surface area contributed by atoms with Crippen LogP contribution in [0.4, 0.5) is 0 Å². The topological polar surface area (TPSA) is 80.9 Å². The molecule has 3 heterocycles. The number of nitrogens with zero attached hydrogens (tertiary/aromatic N) is 2. The molecule has 3 rings (SSSR count). The second-order valence-electron chi connectivity index (χ2n) is 3.86. The third-order valence-electron chi connectivity index (χ3n) is 2.76. The molecule has 0 saturated heterocycles. The first kappa shape index (κ1) is 11.2. The Morgan fingerprint density at radius 3 is 3.00 bits per heavy atom. The van der Waals surface area contributed by atoms with E-state index in [0.717, 1.165) is 0 Å². The molecule has 0 aromatic carbocycles. The molecule has 0 aliphatic carbocycles. The van der Waals surface area contributed by atoms with Crippen molar-refractivity contribution in [2.75, 3.05) is 0 Å². The monoisotopic (exact) mass is 255 g/mol. The largest absolute Gasteiger partial charge is 0.461 e. The molecular weight excluding hydrogens is 246 g/mol. The van der Waals surface area contributed by atoms with Crippen molar-refractivity contribution in [1.82, 2.24) is 14.5 Å². The van der Waals surface area contributed by atoms with Gasteiger partial charge in [-0.25, -0.2) is 4.98 Å². The number of aldehydes is 1. The number of carbonyl (C=O) groups is 2. The summed E-state index contributed by atoms with van der Waals surface area (Å²) in [5.41, 5.74) is 1.04. The first-order chi connectivity index (χ1) is 9.31. The second kappa shape index (κ2) is 4.41. The summed E-state index contributed by atoms with van der Waals surface area (Å²) >= 11 is 0. The van der Waals surface area contributed by atoms with Gasteiger partial charge in [0.2, 0.25) is 5.78 Å². The van der Waals surface area contributed by atoms with E-state index in [9.17, 15) is 9.59 Å². The van der Waals surface area contributed by atoms with Crippen LogP contribution in [0.1, 0.15) is 26.6 Å². The van der Waals surface area contributed by atoms with Crippen molar-refractivity contribution >= 4 is 12.1 Å². The van der Waals surface area contributed by atoms with E-state index in [-0.39, 0.29) is 22.8 Å². The molecule has 0 saturated carbocycles. The minimum Gasteiger partial charge on any atom is -0.461 e. The number of furan rings is 1. The highest BCUT2D eigenvalue weighted by molar-refractivity contribution is 6.13. The number of ketones is 1. The van der Waals surface area contributed by atoms with Gasteiger partial charge in [-0.05, 0) is 12.1 Å². The van der Waals surface area contributed by atoms with E-state index in [1.807, 2.05) is 0 Å². The standard InChI is InChI=1S/C13H9N3O3/c17-7-9-12(13(18)11-2-1-5-19-11)10(6-15-9)16-4-3-14-8-16/h1-8,15H. The number of aromatic amines is 1. The van der Waals surface area contributed by atoms with Crippen molar-refractivity contribution in [1.29, 1.82) is 0 Å². The summed E-state index contributed by atoms with van der Waals surface area (Å²) in [7, 11) is 0. The fourth-order valence-corrected chi connectivity index (χ4v) is 1.90. The van der Waals surface area contributed by atoms with Crippen molar-refractivity contribution < 1.29 is 14.0 Å². The van der Waals surface area contributed by atoms with Gasteiger partial charge in [0.05, 0.1) is 29.5 Å². The molecule has 6 nitrogen and oxygen atoms in total. The van der Waals surface area contributed by atoms with Crippen LogP contribution in [0.25, 0.3) is 5.69 Å². The molecule has 0 radical (unpaired) electrons. The highest BCUT2D eigenvalue weighted by Gasteiger charge is 2.22. The molecule has 0 atom stereocenters. The Hall–Kier alpha value is -2.89. The summed E-state index contributed by atoms with van der Waals surface area (Å²) in [6.07, 6.45) is 8.44. The summed E-state index contributed by atoms with van der Waals surface area (Å²) in [5.74, 6) is -0.166. The number of hydrogen-bond acceptors (Lipinski definition) is 4. The van der Waals surface area contributed by atoms with Crippen LogP contribution in [0, 0.1) is 0 Å². The number of carbonyl (C=O) groups excluding carboxylic acids is 2. The Morgan fingerprint density at radius 2 is 2.37 bits per heavy atom. The zero-order valence-corrected chi connectivity index (χ0v) is 9.74. The van der Waals surface area contributed by atoms with Gasteiger partial charge >= 0.3 is 0 Å². The van der Waals surface area contributed by atoms with Gasteiger partial charge in [0.25, 0.3) is 0 Å². The van der Waals surface area contributed by atoms with Crippen molar-refractivity contribution in [3.05, 3.63) is 60.3 Å². The van der Waals surface area contributed by atoms with Gasteiger partial charge in [0.1, 0.15) is 0 Å². The lowest BCUT2D eigenvalue weighted by Crippen LogP contribution is -2.06. The minimum atomic E-state index is -0.350. The molecular formula is C13H9N3O3. The van der Waals surface area contributed by atoms with Gasteiger partial charge in [-0.2, -0.15) is 0 Å². The van der Waals surface area contributed by atoms with E-state index in [2.05, 4.69) is 9.97 Å². The van der Waals surface area contributed by atoms with Crippen molar-refractivity contribution in [2.24, 2.45) is 0 Å². The smallest absolute Gasteiger partial charge is 0.232 e. The zero-order valence-electron chi connectivity index (χ0n) is 9.74. The van der Waals surface area contributed by atoms with Gasteiger partial charge in [-0.3, -0.25) is 9.59 Å². The average molecular weight is 255 g/mol. The number of imidazole rings is 1. The number of hydrogen-bond donors (Lipinski definition) is 1. The lowest BCUT2D eigenvalue weighted by Gasteiger charge is -2.03. The minimum absolute atomic E-state index is 0.184. The molecule has 0 fully saturated rings. The van der Waals surface area contributed by atoms with Crippen LogP contribution in [0.3, 0.4) is 0 Å². The third-order valence-corrected chi connectivity index (χ3v) is 2.76. The molecule has 0 bridgehead atoms. The Kier molecular flexibility index (Phi) is 2.60. The first-order valence-corrected chi connectivity index (χ1v) is 5.54. The highest BCUT2D eigenvalue weighted by atomic mass is 16.3. The first-order valence-electron chi connectivity index (χ1n) is 5.54. The SMILES string of the molecule is O=Cc1[nH]cc(-n2ccnc2)c1C(=O)c1ccco1. The number of H-pyrrole nitrogens is 1. The number of aromatic nitrogens is 3. The predicted octanol–water partition coefficient (Wildman–Crippen LogP) is 1.84. The van der Waals surface area contributed by atoms with E-state index in [0.29, 0.717) is 12.0 Å². The van der Waals surface area contributed by atoms with Gasteiger partial charge in [-0.15, -0.1) is 0 Å². The van der Waals surface area contributed by atoms with E-state index in [1.165, 1.54) is 6.26 Å². The molecule has 6 heteroatoms. The van der Waals surface area contributed by atoms with Crippen LogP contribution in [-0.2, 0) is 0 Å². The molecule has 0 amide bonds. The van der Waals surface area contributed by atoms with Gasteiger partial charge in [-0.1, -0.05) is 0 Å². The summed E-state index contributed by atoms with van der Waals surface area (Å²) in [4.78, 5) is 30.1. The molecule has 19 heavy (non-hydrogen) atoms. The van der Waals surface area contributed by atoms with Crippen LogP contribution in [0.2, 0.25) is 0 Å². The van der Waals surface area contributed by atoms with Crippen molar-refractivity contribution in [3.63, 3.8) is 0 Å². The number of rotatable bonds is 4. The molecule has 0 aliphatic heterocycles. The van der Waals surface area contributed by atoms with Crippen LogP contribution >= 0.6 is 0 Å². The molecule has 0 aliphatic rings. The quantitative estimate of drug-likeness (QED) is 0.569. The Morgan fingerprint density at radius 1 is 1.47 bits per heavy atom. The van der Waals surface area contributed by atoms with Gasteiger partial charge in [0.15, 0.2) is 12.0 Å². The maximum atomic E-state index is 12.4. The molecule has 3 aromatic rings. The van der Waals surface area contributed by atoms with E-state index < -0.39 is 0 Å². The summed E-state index contributed by atoms with van der Waals surface area (Å²) in [5, 5.41) is 0. The second-order valence-corrected chi connectivity index (χ2v) is 3.86. The maximum Gasteiger partial charge on any atom is 0.232 e. The van der Waals surface area contributed by atoms with Crippen LogP contribution in [-0.4, -0.2) is 26.6 Å².